The Labute approximate surface area is 98.5 Å². The van der Waals surface area contributed by atoms with Gasteiger partial charge in [-0.05, 0) is 31.2 Å². The van der Waals surface area contributed by atoms with E-state index in [0.717, 1.165) is 4.90 Å². The third-order valence-corrected chi connectivity index (χ3v) is 2.73. The molecule has 0 aliphatic heterocycles. The van der Waals surface area contributed by atoms with Crippen LogP contribution in [-0.4, -0.2) is 18.3 Å². The van der Waals surface area contributed by atoms with Crippen molar-refractivity contribution in [2.75, 3.05) is 12.4 Å². The molecule has 0 amide bonds. The predicted molar refractivity (Wildman–Crippen MR) is 62.9 cm³/mol. The van der Waals surface area contributed by atoms with E-state index < -0.39 is 0 Å². The number of hydrogen-bond acceptors (Lipinski definition) is 3. The number of esters is 1. The molecule has 0 aliphatic rings. The van der Waals surface area contributed by atoms with Crippen LogP contribution in [0.2, 0.25) is 0 Å². The SMILES string of the molecule is C/C=C/COC(=O)CSc1ccc(F)cc1. The lowest BCUT2D eigenvalue weighted by Crippen LogP contribution is -2.06. The van der Waals surface area contributed by atoms with E-state index in [1.165, 1.54) is 23.9 Å². The van der Waals surface area contributed by atoms with Gasteiger partial charge < -0.3 is 4.74 Å². The van der Waals surface area contributed by atoms with Crippen LogP contribution >= 0.6 is 11.8 Å². The molecule has 0 atom stereocenters. The molecule has 0 heterocycles. The highest BCUT2D eigenvalue weighted by Crippen LogP contribution is 2.17. The van der Waals surface area contributed by atoms with Crippen molar-refractivity contribution in [3.8, 4) is 0 Å². The van der Waals surface area contributed by atoms with Gasteiger partial charge in [-0.3, -0.25) is 4.79 Å². The van der Waals surface area contributed by atoms with E-state index in [4.69, 9.17) is 4.74 Å². The maximum Gasteiger partial charge on any atom is 0.316 e. The number of halogens is 1. The smallest absolute Gasteiger partial charge is 0.316 e. The first-order valence-electron chi connectivity index (χ1n) is 4.87. The molecule has 0 saturated heterocycles. The van der Waals surface area contributed by atoms with Crippen LogP contribution in [0, 0.1) is 5.82 Å². The fourth-order valence-corrected chi connectivity index (χ4v) is 1.65. The van der Waals surface area contributed by atoms with Gasteiger partial charge in [0.15, 0.2) is 0 Å². The molecule has 2 nitrogen and oxygen atoms in total. The monoisotopic (exact) mass is 240 g/mol. The average molecular weight is 240 g/mol. The van der Waals surface area contributed by atoms with Crippen LogP contribution in [0.25, 0.3) is 0 Å². The fraction of sp³-hybridized carbons (Fsp3) is 0.250. The molecule has 1 rings (SSSR count). The molecule has 0 N–H and O–H groups in total. The summed E-state index contributed by atoms with van der Waals surface area (Å²) in [6, 6.07) is 6.01. The number of benzene rings is 1. The average Bonchev–Trinajstić information content (AvgIpc) is 2.29. The van der Waals surface area contributed by atoms with Gasteiger partial charge in [-0.1, -0.05) is 12.2 Å². The van der Waals surface area contributed by atoms with E-state index in [9.17, 15) is 9.18 Å². The van der Waals surface area contributed by atoms with Gasteiger partial charge in [-0.15, -0.1) is 11.8 Å². The lowest BCUT2D eigenvalue weighted by molar-refractivity contribution is -0.139. The molecular formula is C12H13FO2S. The first kappa shape index (κ1) is 12.8. The molecule has 1 aromatic carbocycles. The van der Waals surface area contributed by atoms with Crippen LogP contribution in [0.3, 0.4) is 0 Å². The van der Waals surface area contributed by atoms with Crippen molar-refractivity contribution in [3.05, 3.63) is 42.2 Å². The van der Waals surface area contributed by atoms with E-state index in [2.05, 4.69) is 0 Å². The summed E-state index contributed by atoms with van der Waals surface area (Å²) in [6.45, 7) is 2.17. The van der Waals surface area contributed by atoms with E-state index in [1.54, 1.807) is 18.2 Å². The quantitative estimate of drug-likeness (QED) is 0.449. The summed E-state index contributed by atoms with van der Waals surface area (Å²) in [6.07, 6.45) is 3.58. The van der Waals surface area contributed by atoms with E-state index >= 15 is 0 Å². The van der Waals surface area contributed by atoms with Crippen molar-refractivity contribution in [1.82, 2.24) is 0 Å². The van der Waals surface area contributed by atoms with E-state index in [1.807, 2.05) is 13.0 Å². The second-order valence-corrected chi connectivity index (χ2v) is 4.04. The molecule has 0 radical (unpaired) electrons. The third-order valence-electron chi connectivity index (χ3n) is 1.75. The number of thioether (sulfide) groups is 1. The van der Waals surface area contributed by atoms with Crippen molar-refractivity contribution in [2.45, 2.75) is 11.8 Å². The fourth-order valence-electron chi connectivity index (χ4n) is 0.952. The van der Waals surface area contributed by atoms with Crippen LogP contribution in [0.5, 0.6) is 0 Å². The predicted octanol–water partition coefficient (Wildman–Crippen LogP) is 3.04. The molecule has 4 heteroatoms. The van der Waals surface area contributed by atoms with E-state index in [-0.39, 0.29) is 17.5 Å². The normalized spacial score (nSPS) is 10.6. The lowest BCUT2D eigenvalue weighted by Gasteiger charge is -2.02. The first-order chi connectivity index (χ1) is 7.72. The summed E-state index contributed by atoms with van der Waals surface area (Å²) >= 11 is 1.33. The van der Waals surface area contributed by atoms with Crippen molar-refractivity contribution >= 4 is 17.7 Å². The number of allylic oxidation sites excluding steroid dienone is 1. The van der Waals surface area contributed by atoms with Crippen LogP contribution in [0.1, 0.15) is 6.92 Å². The van der Waals surface area contributed by atoms with Crippen molar-refractivity contribution < 1.29 is 13.9 Å². The summed E-state index contributed by atoms with van der Waals surface area (Å²) in [5.74, 6) is -0.309. The first-order valence-corrected chi connectivity index (χ1v) is 5.86. The highest BCUT2D eigenvalue weighted by molar-refractivity contribution is 8.00. The maximum absolute atomic E-state index is 12.6. The van der Waals surface area contributed by atoms with Crippen molar-refractivity contribution in [2.24, 2.45) is 0 Å². The number of rotatable bonds is 5. The van der Waals surface area contributed by atoms with Gasteiger partial charge in [-0.2, -0.15) is 0 Å². The molecule has 0 aliphatic carbocycles. The van der Waals surface area contributed by atoms with Gasteiger partial charge in [-0.25, -0.2) is 4.39 Å². The topological polar surface area (TPSA) is 26.3 Å². The van der Waals surface area contributed by atoms with Gasteiger partial charge in [0.05, 0.1) is 5.75 Å². The van der Waals surface area contributed by atoms with Gasteiger partial charge in [0.25, 0.3) is 0 Å². The Balaban J connectivity index is 2.28. The Kier molecular flexibility index (Phi) is 5.64. The van der Waals surface area contributed by atoms with Crippen LogP contribution in [0.4, 0.5) is 4.39 Å². The standard InChI is InChI=1S/C12H13FO2S/c1-2-3-8-15-12(14)9-16-11-6-4-10(13)5-7-11/h2-7H,8-9H2,1H3/b3-2+. The lowest BCUT2D eigenvalue weighted by atomic mass is 10.4. The van der Waals surface area contributed by atoms with Crippen LogP contribution in [-0.2, 0) is 9.53 Å². The summed E-state index contributed by atoms with van der Waals surface area (Å²) in [7, 11) is 0. The maximum atomic E-state index is 12.6. The minimum Gasteiger partial charge on any atom is -0.461 e. The zero-order valence-corrected chi connectivity index (χ0v) is 9.80. The second-order valence-electron chi connectivity index (χ2n) is 2.99. The Hall–Kier alpha value is -1.29. The van der Waals surface area contributed by atoms with Crippen molar-refractivity contribution in [1.29, 1.82) is 0 Å². The third kappa shape index (κ3) is 4.98. The number of hydrogen-bond donors (Lipinski definition) is 0. The highest BCUT2D eigenvalue weighted by atomic mass is 32.2. The highest BCUT2D eigenvalue weighted by Gasteiger charge is 2.03. The molecule has 0 bridgehead atoms. The van der Waals surface area contributed by atoms with Gasteiger partial charge >= 0.3 is 5.97 Å². The molecule has 1 aromatic rings. The molecule has 0 unspecified atom stereocenters. The zero-order chi connectivity index (χ0) is 11.8. The van der Waals surface area contributed by atoms with Crippen molar-refractivity contribution in [3.63, 3.8) is 0 Å². The summed E-state index contributed by atoms with van der Waals surface area (Å²) in [5, 5.41) is 0. The number of carbonyl (C=O) groups is 1. The summed E-state index contributed by atoms with van der Waals surface area (Å²) in [4.78, 5) is 12.1. The van der Waals surface area contributed by atoms with Gasteiger partial charge in [0.1, 0.15) is 12.4 Å². The summed E-state index contributed by atoms with van der Waals surface area (Å²) < 4.78 is 17.5. The Morgan fingerprint density at radius 3 is 2.75 bits per heavy atom. The van der Waals surface area contributed by atoms with Crippen LogP contribution in [0.15, 0.2) is 41.3 Å². The molecule has 0 saturated carbocycles. The molecule has 16 heavy (non-hydrogen) atoms. The van der Waals surface area contributed by atoms with Gasteiger partial charge in [0.2, 0.25) is 0 Å². The number of carbonyl (C=O) groups excluding carboxylic acids is 1. The second kappa shape index (κ2) is 7.06. The largest absolute Gasteiger partial charge is 0.461 e. The summed E-state index contributed by atoms with van der Waals surface area (Å²) in [5.41, 5.74) is 0. The molecule has 0 aromatic heterocycles. The van der Waals surface area contributed by atoms with Crippen LogP contribution < -0.4 is 0 Å². The van der Waals surface area contributed by atoms with E-state index in [0.29, 0.717) is 6.61 Å². The molecule has 0 fully saturated rings. The Morgan fingerprint density at radius 1 is 1.44 bits per heavy atom. The van der Waals surface area contributed by atoms with Gasteiger partial charge in [0, 0.05) is 4.90 Å². The Morgan fingerprint density at radius 2 is 2.12 bits per heavy atom. The zero-order valence-electron chi connectivity index (χ0n) is 8.98. The Bertz CT molecular complexity index is 360. The number of ether oxygens (including phenoxy) is 1. The minimum absolute atomic E-state index is 0.239. The molecule has 0 spiro atoms. The molecular weight excluding hydrogens is 227 g/mol. The molecule has 86 valence electrons. The minimum atomic E-state index is -0.278.